The highest BCUT2D eigenvalue weighted by Gasteiger charge is 2.12. The molecule has 5 heteroatoms. The van der Waals surface area contributed by atoms with E-state index in [9.17, 15) is 4.79 Å². The van der Waals surface area contributed by atoms with Crippen molar-refractivity contribution >= 4 is 21.8 Å². The monoisotopic (exact) mass is 328 g/mol. The maximum Gasteiger partial charge on any atom is 0.237 e. The number of rotatable bonds is 7. The van der Waals surface area contributed by atoms with Gasteiger partial charge in [0.25, 0.3) is 0 Å². The van der Waals surface area contributed by atoms with Crippen molar-refractivity contribution < 1.29 is 9.53 Å². The van der Waals surface area contributed by atoms with Gasteiger partial charge in [-0.15, -0.1) is 0 Å². The Morgan fingerprint density at radius 2 is 1.89 bits per heavy atom. The molecular weight excluding hydrogens is 308 g/mol. The molecular formula is C14H21BrN2O2. The van der Waals surface area contributed by atoms with Crippen LogP contribution in [0.25, 0.3) is 0 Å². The standard InChI is InChI=1S/C14H21BrN2O2/c1-10(2)17-14(18)11(3)16-8-9-19-13-6-4-12(15)5-7-13/h4-7,10-11,16H,8-9H2,1-3H3,(H,17,18). The first kappa shape index (κ1) is 16.0. The number of carbonyl (C=O) groups is 1. The fourth-order valence-corrected chi connectivity index (χ4v) is 1.74. The van der Waals surface area contributed by atoms with E-state index in [2.05, 4.69) is 26.6 Å². The van der Waals surface area contributed by atoms with Crippen molar-refractivity contribution in [2.75, 3.05) is 13.2 Å². The molecule has 0 bridgehead atoms. The molecule has 0 radical (unpaired) electrons. The molecule has 1 unspecified atom stereocenters. The van der Waals surface area contributed by atoms with Crippen LogP contribution < -0.4 is 15.4 Å². The minimum absolute atomic E-state index is 0.0126. The van der Waals surface area contributed by atoms with Gasteiger partial charge in [0.1, 0.15) is 12.4 Å². The highest BCUT2D eigenvalue weighted by Crippen LogP contribution is 2.15. The predicted molar refractivity (Wildman–Crippen MR) is 80.4 cm³/mol. The molecule has 0 aliphatic heterocycles. The van der Waals surface area contributed by atoms with Crippen LogP contribution in [-0.2, 0) is 4.79 Å². The molecule has 0 aliphatic rings. The zero-order valence-corrected chi connectivity index (χ0v) is 13.2. The van der Waals surface area contributed by atoms with Gasteiger partial charge in [-0.3, -0.25) is 4.79 Å². The summed E-state index contributed by atoms with van der Waals surface area (Å²) in [5.41, 5.74) is 0. The van der Waals surface area contributed by atoms with E-state index in [1.807, 2.05) is 45.0 Å². The van der Waals surface area contributed by atoms with Crippen molar-refractivity contribution in [2.45, 2.75) is 32.9 Å². The Hall–Kier alpha value is -1.07. The fraction of sp³-hybridized carbons (Fsp3) is 0.500. The van der Waals surface area contributed by atoms with Crippen LogP contribution in [0.3, 0.4) is 0 Å². The molecule has 0 aliphatic carbocycles. The third-order valence-corrected chi connectivity index (χ3v) is 2.99. The van der Waals surface area contributed by atoms with Gasteiger partial charge in [0, 0.05) is 17.1 Å². The molecule has 0 saturated carbocycles. The van der Waals surface area contributed by atoms with Gasteiger partial charge in [-0.25, -0.2) is 0 Å². The van der Waals surface area contributed by atoms with E-state index in [1.54, 1.807) is 0 Å². The second-order valence-electron chi connectivity index (χ2n) is 4.64. The molecule has 0 aromatic heterocycles. The van der Waals surface area contributed by atoms with E-state index in [0.29, 0.717) is 13.2 Å². The van der Waals surface area contributed by atoms with Gasteiger partial charge >= 0.3 is 0 Å². The lowest BCUT2D eigenvalue weighted by atomic mass is 10.3. The molecule has 0 saturated heterocycles. The van der Waals surface area contributed by atoms with Crippen molar-refractivity contribution in [3.8, 4) is 5.75 Å². The lowest BCUT2D eigenvalue weighted by Crippen LogP contribution is -2.45. The molecule has 0 heterocycles. The number of nitrogens with one attached hydrogen (secondary N) is 2. The summed E-state index contributed by atoms with van der Waals surface area (Å²) in [6.07, 6.45) is 0. The summed E-state index contributed by atoms with van der Waals surface area (Å²) >= 11 is 3.37. The highest BCUT2D eigenvalue weighted by atomic mass is 79.9. The number of carbonyl (C=O) groups excluding carboxylic acids is 1. The van der Waals surface area contributed by atoms with Crippen LogP contribution in [0.15, 0.2) is 28.7 Å². The topological polar surface area (TPSA) is 50.4 Å². The summed E-state index contributed by atoms with van der Waals surface area (Å²) < 4.78 is 6.58. The van der Waals surface area contributed by atoms with E-state index < -0.39 is 0 Å². The van der Waals surface area contributed by atoms with Gasteiger partial charge in [-0.2, -0.15) is 0 Å². The SMILES string of the molecule is CC(C)NC(=O)C(C)NCCOc1ccc(Br)cc1. The minimum atomic E-state index is -0.212. The molecule has 4 nitrogen and oxygen atoms in total. The average molecular weight is 329 g/mol. The quantitative estimate of drug-likeness (QED) is 0.755. The van der Waals surface area contributed by atoms with Crippen LogP contribution in [0.4, 0.5) is 0 Å². The van der Waals surface area contributed by atoms with Gasteiger partial charge in [0.15, 0.2) is 0 Å². The van der Waals surface area contributed by atoms with Crippen molar-refractivity contribution in [3.63, 3.8) is 0 Å². The van der Waals surface area contributed by atoms with Crippen molar-refractivity contribution in [1.82, 2.24) is 10.6 Å². The third kappa shape index (κ3) is 6.59. The summed E-state index contributed by atoms with van der Waals surface area (Å²) in [5.74, 6) is 0.836. The maximum absolute atomic E-state index is 11.6. The summed E-state index contributed by atoms with van der Waals surface area (Å²) in [4.78, 5) is 11.6. The van der Waals surface area contributed by atoms with Crippen molar-refractivity contribution in [3.05, 3.63) is 28.7 Å². The molecule has 1 aromatic rings. The van der Waals surface area contributed by atoms with Gasteiger partial charge in [-0.1, -0.05) is 15.9 Å². The largest absolute Gasteiger partial charge is 0.492 e. The van der Waals surface area contributed by atoms with Gasteiger partial charge in [0.05, 0.1) is 6.04 Å². The Morgan fingerprint density at radius 1 is 1.26 bits per heavy atom. The van der Waals surface area contributed by atoms with Crippen LogP contribution in [0.2, 0.25) is 0 Å². The maximum atomic E-state index is 11.6. The predicted octanol–water partition coefficient (Wildman–Crippen LogP) is 2.33. The molecule has 0 spiro atoms. The zero-order valence-electron chi connectivity index (χ0n) is 11.6. The summed E-state index contributed by atoms with van der Waals surface area (Å²) in [5, 5.41) is 5.98. The van der Waals surface area contributed by atoms with Crippen molar-refractivity contribution in [1.29, 1.82) is 0 Å². The minimum Gasteiger partial charge on any atom is -0.492 e. The van der Waals surface area contributed by atoms with Gasteiger partial charge in [0.2, 0.25) is 5.91 Å². The summed E-state index contributed by atoms with van der Waals surface area (Å²) in [6, 6.07) is 7.62. The molecule has 2 N–H and O–H groups in total. The van der Waals surface area contributed by atoms with E-state index in [0.717, 1.165) is 10.2 Å². The summed E-state index contributed by atoms with van der Waals surface area (Å²) in [7, 11) is 0. The number of halogens is 1. The molecule has 1 aromatic carbocycles. The summed E-state index contributed by atoms with van der Waals surface area (Å²) in [6.45, 7) is 6.89. The second-order valence-corrected chi connectivity index (χ2v) is 5.56. The van der Waals surface area contributed by atoms with E-state index in [-0.39, 0.29) is 18.0 Å². The van der Waals surface area contributed by atoms with Crippen LogP contribution in [-0.4, -0.2) is 31.1 Å². The Labute approximate surface area is 123 Å². The first-order valence-corrected chi connectivity index (χ1v) is 7.20. The van der Waals surface area contributed by atoms with Gasteiger partial charge < -0.3 is 15.4 Å². The number of hydrogen-bond acceptors (Lipinski definition) is 3. The van der Waals surface area contributed by atoms with Crippen molar-refractivity contribution in [2.24, 2.45) is 0 Å². The number of amides is 1. The molecule has 1 atom stereocenters. The number of hydrogen-bond donors (Lipinski definition) is 2. The zero-order chi connectivity index (χ0) is 14.3. The normalized spacial score (nSPS) is 12.3. The first-order chi connectivity index (χ1) is 8.99. The lowest BCUT2D eigenvalue weighted by molar-refractivity contribution is -0.123. The Bertz CT molecular complexity index is 393. The Kier molecular flexibility index (Phi) is 6.87. The van der Waals surface area contributed by atoms with Crippen LogP contribution in [0.1, 0.15) is 20.8 Å². The van der Waals surface area contributed by atoms with E-state index in [4.69, 9.17) is 4.74 Å². The number of benzene rings is 1. The van der Waals surface area contributed by atoms with Crippen LogP contribution >= 0.6 is 15.9 Å². The highest BCUT2D eigenvalue weighted by molar-refractivity contribution is 9.10. The molecule has 1 amide bonds. The molecule has 106 valence electrons. The van der Waals surface area contributed by atoms with Crippen LogP contribution in [0, 0.1) is 0 Å². The van der Waals surface area contributed by atoms with Gasteiger partial charge in [-0.05, 0) is 45.0 Å². The average Bonchev–Trinajstić information content (AvgIpc) is 2.35. The molecule has 0 fully saturated rings. The molecule has 1 rings (SSSR count). The Balaban J connectivity index is 2.20. The first-order valence-electron chi connectivity index (χ1n) is 6.41. The second kappa shape index (κ2) is 8.17. The van der Waals surface area contributed by atoms with E-state index in [1.165, 1.54) is 0 Å². The smallest absolute Gasteiger partial charge is 0.237 e. The van der Waals surface area contributed by atoms with E-state index >= 15 is 0 Å². The molecule has 19 heavy (non-hydrogen) atoms. The van der Waals surface area contributed by atoms with Crippen LogP contribution in [0.5, 0.6) is 5.75 Å². The fourth-order valence-electron chi connectivity index (χ4n) is 1.48. The Morgan fingerprint density at radius 3 is 2.47 bits per heavy atom. The number of ether oxygens (including phenoxy) is 1. The lowest BCUT2D eigenvalue weighted by Gasteiger charge is -2.16. The third-order valence-electron chi connectivity index (χ3n) is 2.46.